The van der Waals surface area contributed by atoms with Crippen molar-refractivity contribution >= 4 is 31.7 Å². The van der Waals surface area contributed by atoms with E-state index >= 15 is 0 Å². The van der Waals surface area contributed by atoms with Crippen LogP contribution in [0.1, 0.15) is 28.4 Å². The SMILES string of the molecule is O=C(NC1CCS(=O)(=O)c2ccccc21)c1ccc(Oc2ccc(Br)cc2)nc1. The summed E-state index contributed by atoms with van der Waals surface area (Å²) in [5.74, 6) is 0.704. The highest BCUT2D eigenvalue weighted by atomic mass is 79.9. The number of carbonyl (C=O) groups excluding carboxylic acids is 1. The predicted octanol–water partition coefficient (Wildman–Crippen LogP) is 4.28. The Labute approximate surface area is 177 Å². The maximum absolute atomic E-state index is 12.6. The van der Waals surface area contributed by atoms with Gasteiger partial charge in [0.15, 0.2) is 9.84 Å². The number of aromatic nitrogens is 1. The van der Waals surface area contributed by atoms with E-state index in [9.17, 15) is 13.2 Å². The van der Waals surface area contributed by atoms with E-state index in [0.717, 1.165) is 4.47 Å². The van der Waals surface area contributed by atoms with Crippen molar-refractivity contribution < 1.29 is 17.9 Å². The van der Waals surface area contributed by atoms with E-state index in [1.807, 2.05) is 12.1 Å². The molecule has 0 saturated heterocycles. The third-order valence-corrected chi connectivity index (χ3v) is 6.99. The number of rotatable bonds is 4. The molecule has 0 bridgehead atoms. The number of sulfone groups is 1. The average molecular weight is 473 g/mol. The Morgan fingerprint density at radius 2 is 1.83 bits per heavy atom. The van der Waals surface area contributed by atoms with E-state index in [4.69, 9.17) is 4.74 Å². The number of amides is 1. The normalized spacial score (nSPS) is 17.2. The highest BCUT2D eigenvalue weighted by Gasteiger charge is 2.30. The summed E-state index contributed by atoms with van der Waals surface area (Å²) in [4.78, 5) is 17.1. The molecule has 0 aliphatic carbocycles. The first-order valence-electron chi connectivity index (χ1n) is 8.94. The minimum atomic E-state index is -3.30. The summed E-state index contributed by atoms with van der Waals surface area (Å²) in [7, 11) is -3.30. The molecule has 0 fully saturated rings. The predicted molar refractivity (Wildman–Crippen MR) is 112 cm³/mol. The number of carbonyl (C=O) groups is 1. The Morgan fingerprint density at radius 1 is 1.07 bits per heavy atom. The molecule has 2 heterocycles. The fraction of sp³-hybridized carbons (Fsp3) is 0.143. The molecule has 148 valence electrons. The van der Waals surface area contributed by atoms with Crippen LogP contribution in [0.15, 0.2) is 76.2 Å². The smallest absolute Gasteiger partial charge is 0.253 e. The maximum atomic E-state index is 12.6. The Bertz CT molecular complexity index is 1150. The van der Waals surface area contributed by atoms with Crippen LogP contribution in [-0.4, -0.2) is 25.1 Å². The number of hydrogen-bond donors (Lipinski definition) is 1. The molecule has 6 nitrogen and oxygen atoms in total. The first-order chi connectivity index (χ1) is 13.9. The largest absolute Gasteiger partial charge is 0.439 e. The third kappa shape index (κ3) is 4.33. The van der Waals surface area contributed by atoms with E-state index in [2.05, 4.69) is 26.2 Å². The summed E-state index contributed by atoms with van der Waals surface area (Å²) in [6, 6.07) is 17.0. The Balaban J connectivity index is 1.47. The van der Waals surface area contributed by atoms with Gasteiger partial charge in [-0.15, -0.1) is 0 Å². The van der Waals surface area contributed by atoms with Crippen molar-refractivity contribution in [2.24, 2.45) is 0 Å². The zero-order valence-electron chi connectivity index (χ0n) is 15.2. The molecule has 1 N–H and O–H groups in total. The summed E-state index contributed by atoms with van der Waals surface area (Å²) in [5, 5.41) is 2.92. The van der Waals surface area contributed by atoms with Crippen LogP contribution in [0.3, 0.4) is 0 Å². The molecule has 1 unspecified atom stereocenters. The van der Waals surface area contributed by atoms with Crippen molar-refractivity contribution in [1.82, 2.24) is 10.3 Å². The molecule has 0 radical (unpaired) electrons. The lowest BCUT2D eigenvalue weighted by molar-refractivity contribution is 0.0934. The van der Waals surface area contributed by atoms with Crippen LogP contribution in [0.25, 0.3) is 0 Å². The highest BCUT2D eigenvalue weighted by Crippen LogP contribution is 2.32. The minimum Gasteiger partial charge on any atom is -0.439 e. The van der Waals surface area contributed by atoms with Crippen LogP contribution in [0.4, 0.5) is 0 Å². The molecule has 1 aliphatic rings. The quantitative estimate of drug-likeness (QED) is 0.612. The molecule has 29 heavy (non-hydrogen) atoms. The van der Waals surface area contributed by atoms with Gasteiger partial charge in [0.05, 0.1) is 22.3 Å². The number of fused-ring (bicyclic) bond motifs is 1. The van der Waals surface area contributed by atoms with Gasteiger partial charge in [0, 0.05) is 16.7 Å². The number of hydrogen-bond acceptors (Lipinski definition) is 5. The molecule has 1 aromatic heterocycles. The molecule has 0 saturated carbocycles. The molecule has 0 spiro atoms. The van der Waals surface area contributed by atoms with E-state index in [1.165, 1.54) is 6.20 Å². The van der Waals surface area contributed by atoms with Crippen molar-refractivity contribution in [3.63, 3.8) is 0 Å². The second-order valence-electron chi connectivity index (χ2n) is 6.61. The van der Waals surface area contributed by atoms with Gasteiger partial charge in [-0.25, -0.2) is 13.4 Å². The lowest BCUT2D eigenvalue weighted by atomic mass is 10.0. The molecule has 4 rings (SSSR count). The van der Waals surface area contributed by atoms with Gasteiger partial charge >= 0.3 is 0 Å². The summed E-state index contributed by atoms with van der Waals surface area (Å²) < 4.78 is 31.1. The molecular weight excluding hydrogens is 456 g/mol. The molecule has 3 aromatic rings. The standard InChI is InChI=1S/C21H17BrN2O4S/c22-15-6-8-16(9-7-15)28-20-10-5-14(13-23-20)21(25)24-18-11-12-29(26,27)19-4-2-1-3-17(18)19/h1-10,13,18H,11-12H2,(H,24,25). The lowest BCUT2D eigenvalue weighted by Crippen LogP contribution is -2.33. The van der Waals surface area contributed by atoms with E-state index < -0.39 is 9.84 Å². The van der Waals surface area contributed by atoms with Gasteiger partial charge in [0.25, 0.3) is 5.91 Å². The Hall–Kier alpha value is -2.71. The van der Waals surface area contributed by atoms with E-state index in [1.54, 1.807) is 48.5 Å². The summed E-state index contributed by atoms with van der Waals surface area (Å²) in [6.07, 6.45) is 1.78. The molecule has 1 atom stereocenters. The van der Waals surface area contributed by atoms with Crippen LogP contribution >= 0.6 is 15.9 Å². The first kappa shape index (κ1) is 19.6. The van der Waals surface area contributed by atoms with Gasteiger partial charge in [-0.1, -0.05) is 34.1 Å². The Morgan fingerprint density at radius 3 is 2.55 bits per heavy atom. The third-order valence-electron chi connectivity index (χ3n) is 4.64. The van der Waals surface area contributed by atoms with Crippen molar-refractivity contribution in [2.45, 2.75) is 17.4 Å². The van der Waals surface area contributed by atoms with Gasteiger partial charge in [0.2, 0.25) is 5.88 Å². The fourth-order valence-electron chi connectivity index (χ4n) is 3.18. The van der Waals surface area contributed by atoms with E-state index in [-0.39, 0.29) is 22.6 Å². The van der Waals surface area contributed by atoms with Crippen LogP contribution in [-0.2, 0) is 9.84 Å². The number of ether oxygens (including phenoxy) is 1. The zero-order chi connectivity index (χ0) is 20.4. The fourth-order valence-corrected chi connectivity index (χ4v) is 5.07. The Kier molecular flexibility index (Phi) is 5.38. The minimum absolute atomic E-state index is 0.00712. The molecule has 1 amide bonds. The van der Waals surface area contributed by atoms with Gasteiger partial charge in [-0.05, 0) is 48.4 Å². The molecule has 2 aromatic carbocycles. The van der Waals surface area contributed by atoms with Gasteiger partial charge < -0.3 is 10.1 Å². The van der Waals surface area contributed by atoms with Gasteiger partial charge in [-0.3, -0.25) is 4.79 Å². The second-order valence-corrected chi connectivity index (χ2v) is 9.61. The topological polar surface area (TPSA) is 85.4 Å². The number of pyridine rings is 1. The van der Waals surface area contributed by atoms with Gasteiger partial charge in [0.1, 0.15) is 5.75 Å². The van der Waals surface area contributed by atoms with Crippen LogP contribution < -0.4 is 10.1 Å². The van der Waals surface area contributed by atoms with Crippen molar-refractivity contribution in [1.29, 1.82) is 0 Å². The first-order valence-corrected chi connectivity index (χ1v) is 11.4. The lowest BCUT2D eigenvalue weighted by Gasteiger charge is -2.26. The number of halogens is 1. The van der Waals surface area contributed by atoms with Crippen molar-refractivity contribution in [3.8, 4) is 11.6 Å². The monoisotopic (exact) mass is 472 g/mol. The van der Waals surface area contributed by atoms with Crippen LogP contribution in [0.5, 0.6) is 11.6 Å². The van der Waals surface area contributed by atoms with Crippen molar-refractivity contribution in [2.75, 3.05) is 5.75 Å². The summed E-state index contributed by atoms with van der Waals surface area (Å²) in [6.45, 7) is 0. The van der Waals surface area contributed by atoms with Crippen molar-refractivity contribution in [3.05, 3.63) is 82.5 Å². The zero-order valence-corrected chi connectivity index (χ0v) is 17.6. The number of nitrogens with one attached hydrogen (secondary N) is 1. The maximum Gasteiger partial charge on any atom is 0.253 e. The summed E-state index contributed by atoms with van der Waals surface area (Å²) >= 11 is 3.36. The number of nitrogens with zero attached hydrogens (tertiary/aromatic N) is 1. The second kappa shape index (κ2) is 7.96. The van der Waals surface area contributed by atoms with Crippen LogP contribution in [0, 0.1) is 0 Å². The average Bonchev–Trinajstić information content (AvgIpc) is 2.72. The highest BCUT2D eigenvalue weighted by molar-refractivity contribution is 9.10. The van der Waals surface area contributed by atoms with Gasteiger partial charge in [-0.2, -0.15) is 0 Å². The van der Waals surface area contributed by atoms with E-state index in [0.29, 0.717) is 29.2 Å². The number of benzene rings is 2. The molecule has 8 heteroatoms. The molecular formula is C21H17BrN2O4S. The molecule has 1 aliphatic heterocycles. The van der Waals surface area contributed by atoms with Crippen LogP contribution in [0.2, 0.25) is 0 Å². The summed E-state index contributed by atoms with van der Waals surface area (Å²) in [5.41, 5.74) is 0.995.